The van der Waals surface area contributed by atoms with Crippen LogP contribution in [-0.4, -0.2) is 49.2 Å². The minimum absolute atomic E-state index is 0.0566. The largest absolute Gasteiger partial charge is 0.458 e. The molecule has 2 N–H and O–H groups in total. The second-order valence-electron chi connectivity index (χ2n) is 10.8. The number of halogens is 4. The summed E-state index contributed by atoms with van der Waals surface area (Å²) < 4.78 is 83.4. The maximum absolute atomic E-state index is 14.4. The fourth-order valence-corrected chi connectivity index (χ4v) is 6.93. The first-order chi connectivity index (χ1) is 17.5. The summed E-state index contributed by atoms with van der Waals surface area (Å²) in [6.07, 6.45) is -6.29. The summed E-state index contributed by atoms with van der Waals surface area (Å²) >= 11 is 0. The number of nitrogens with zero attached hydrogens (tertiary/aromatic N) is 1. The summed E-state index contributed by atoms with van der Waals surface area (Å²) in [5.74, 6) is 0.608. The molecular formula is C27H28F4N2O4S. The van der Waals surface area contributed by atoms with E-state index >= 15 is 0 Å². The van der Waals surface area contributed by atoms with Crippen LogP contribution in [0.3, 0.4) is 0 Å². The molecule has 11 heteroatoms. The number of rotatable bonds is 4. The normalized spacial score (nSPS) is 22.9. The van der Waals surface area contributed by atoms with Crippen molar-refractivity contribution in [2.45, 2.75) is 57.5 Å². The van der Waals surface area contributed by atoms with Gasteiger partial charge in [0.25, 0.3) is 0 Å². The highest BCUT2D eigenvalue weighted by atomic mass is 32.2. The van der Waals surface area contributed by atoms with Gasteiger partial charge in [0.05, 0.1) is 28.8 Å². The van der Waals surface area contributed by atoms with Crippen LogP contribution >= 0.6 is 0 Å². The topological polar surface area (TPSA) is 89.7 Å². The van der Waals surface area contributed by atoms with Crippen molar-refractivity contribution in [1.29, 1.82) is 0 Å². The molecule has 38 heavy (non-hydrogen) atoms. The van der Waals surface area contributed by atoms with Gasteiger partial charge in [0, 0.05) is 18.4 Å². The third kappa shape index (κ3) is 6.23. The number of nitrogen functional groups attached to an aromatic ring is 1. The fraction of sp³-hybridized carbons (Fsp3) is 0.444. The molecule has 2 fully saturated rings. The highest BCUT2D eigenvalue weighted by Gasteiger charge is 2.51. The van der Waals surface area contributed by atoms with Crippen LogP contribution in [0.5, 0.6) is 0 Å². The van der Waals surface area contributed by atoms with Crippen LogP contribution in [0.15, 0.2) is 36.4 Å². The molecule has 0 spiro atoms. The molecule has 2 heterocycles. The average Bonchev–Trinajstić information content (AvgIpc) is 3.08. The number of nitrogens with two attached hydrogens (primary N) is 1. The van der Waals surface area contributed by atoms with E-state index in [1.807, 2.05) is 30.2 Å². The predicted molar refractivity (Wildman–Crippen MR) is 134 cm³/mol. The lowest BCUT2D eigenvalue weighted by Crippen LogP contribution is -2.51. The van der Waals surface area contributed by atoms with Crippen molar-refractivity contribution in [3.63, 3.8) is 0 Å². The minimum atomic E-state index is -4.79. The number of benzene rings is 2. The summed E-state index contributed by atoms with van der Waals surface area (Å²) in [5.41, 5.74) is 6.65. The first-order valence-corrected chi connectivity index (χ1v) is 13.8. The maximum atomic E-state index is 14.4. The second kappa shape index (κ2) is 9.80. The number of fused-ring (bicyclic) bond motifs is 1. The van der Waals surface area contributed by atoms with Gasteiger partial charge in [-0.1, -0.05) is 51.0 Å². The van der Waals surface area contributed by atoms with E-state index in [0.717, 1.165) is 23.1 Å². The molecule has 3 atom stereocenters. The molecule has 2 aliphatic rings. The highest BCUT2D eigenvalue weighted by molar-refractivity contribution is 7.91. The van der Waals surface area contributed by atoms with Gasteiger partial charge in [0.2, 0.25) is 0 Å². The number of carbonyl (C=O) groups excluding carboxylic acids is 1. The number of sulfone groups is 1. The van der Waals surface area contributed by atoms with Crippen LogP contribution in [0.25, 0.3) is 0 Å². The van der Waals surface area contributed by atoms with Crippen LogP contribution in [-0.2, 0) is 33.0 Å². The Bertz CT molecular complexity index is 1420. The standard InChI is InChI=1S/C27H28F4N2O4S/c1-26(2,3)20-6-4-5-16(11-20)13-33-22-15-38(35,36)14-19(24(22)37-25(33)34)10-17-9-18(7-8-27(29,30)31)23(32)21(28)12-17/h4-6,9,11-12,19,22,24H,10,13-15,32H2,1-3H3/t19-,22+,24+/m1/s1. The third-order valence-corrected chi connectivity index (χ3v) is 8.57. The van der Waals surface area contributed by atoms with Gasteiger partial charge in [-0.25, -0.2) is 17.6 Å². The fourth-order valence-electron chi connectivity index (χ4n) is 4.95. The van der Waals surface area contributed by atoms with Gasteiger partial charge >= 0.3 is 12.3 Å². The summed E-state index contributed by atoms with van der Waals surface area (Å²) in [4.78, 5) is 14.3. The zero-order valence-corrected chi connectivity index (χ0v) is 21.9. The highest BCUT2D eigenvalue weighted by Crippen LogP contribution is 2.36. The Morgan fingerprint density at radius 3 is 2.47 bits per heavy atom. The Morgan fingerprint density at radius 1 is 1.11 bits per heavy atom. The number of amides is 1. The Kier molecular flexibility index (Phi) is 7.16. The molecule has 4 rings (SSSR count). The van der Waals surface area contributed by atoms with E-state index in [9.17, 15) is 30.8 Å². The predicted octanol–water partition coefficient (Wildman–Crippen LogP) is 4.60. The zero-order valence-electron chi connectivity index (χ0n) is 21.1. The molecule has 2 aromatic carbocycles. The molecule has 2 saturated heterocycles. The van der Waals surface area contributed by atoms with Crippen molar-refractivity contribution in [1.82, 2.24) is 4.90 Å². The van der Waals surface area contributed by atoms with Crippen LogP contribution in [0.2, 0.25) is 0 Å². The van der Waals surface area contributed by atoms with Gasteiger partial charge in [-0.3, -0.25) is 4.90 Å². The van der Waals surface area contributed by atoms with Gasteiger partial charge in [-0.15, -0.1) is 0 Å². The van der Waals surface area contributed by atoms with Crippen molar-refractivity contribution >= 4 is 21.6 Å². The van der Waals surface area contributed by atoms with Crippen molar-refractivity contribution < 1.29 is 35.5 Å². The van der Waals surface area contributed by atoms with Crippen LogP contribution in [0.1, 0.15) is 43.0 Å². The zero-order chi connectivity index (χ0) is 28.0. The molecule has 0 saturated carbocycles. The van der Waals surface area contributed by atoms with Crippen LogP contribution in [0.4, 0.5) is 28.0 Å². The van der Waals surface area contributed by atoms with Gasteiger partial charge < -0.3 is 10.5 Å². The maximum Gasteiger partial charge on any atom is 0.458 e. The lowest BCUT2D eigenvalue weighted by molar-refractivity contribution is -0.0696. The SMILES string of the molecule is CC(C)(C)c1cccc(CN2C(=O)O[C@H]3[C@H](Cc4cc(F)c(N)c(C#CC(F)(F)F)c4)CS(=O)(=O)C[C@@H]32)c1. The van der Waals surface area contributed by atoms with Gasteiger partial charge in [0.1, 0.15) is 11.9 Å². The van der Waals surface area contributed by atoms with E-state index in [1.54, 1.807) is 0 Å². The number of ether oxygens (including phenoxy) is 1. The molecule has 2 aromatic rings. The smallest absolute Gasteiger partial charge is 0.444 e. The lowest BCUT2D eigenvalue weighted by atomic mass is 9.86. The lowest BCUT2D eigenvalue weighted by Gasteiger charge is -2.34. The number of carbonyl (C=O) groups is 1. The quantitative estimate of drug-likeness (QED) is 0.340. The first kappa shape index (κ1) is 27.8. The molecule has 0 unspecified atom stereocenters. The summed E-state index contributed by atoms with van der Waals surface area (Å²) in [5, 5.41) is 0. The van der Waals surface area contributed by atoms with Crippen molar-refractivity contribution in [3.05, 3.63) is 64.5 Å². The average molecular weight is 553 g/mol. The van der Waals surface area contributed by atoms with Gasteiger partial charge in [0.15, 0.2) is 9.84 Å². The molecule has 204 valence electrons. The Hall–Kier alpha value is -3.26. The van der Waals surface area contributed by atoms with Crippen LogP contribution in [0, 0.1) is 23.6 Å². The number of anilines is 1. The second-order valence-corrected chi connectivity index (χ2v) is 13.0. The van der Waals surface area contributed by atoms with Crippen molar-refractivity contribution in [3.8, 4) is 11.8 Å². The third-order valence-electron chi connectivity index (χ3n) is 6.78. The number of hydrogen-bond acceptors (Lipinski definition) is 5. The molecule has 0 radical (unpaired) electrons. The monoisotopic (exact) mass is 552 g/mol. The van der Waals surface area contributed by atoms with E-state index in [2.05, 4.69) is 20.8 Å². The Morgan fingerprint density at radius 2 is 1.82 bits per heavy atom. The summed E-state index contributed by atoms with van der Waals surface area (Å²) in [6.45, 7) is 6.33. The summed E-state index contributed by atoms with van der Waals surface area (Å²) in [6, 6.07) is 9.17. The molecule has 6 nitrogen and oxygen atoms in total. The van der Waals surface area contributed by atoms with E-state index < -0.39 is 51.7 Å². The Labute approximate surface area is 219 Å². The van der Waals surface area contributed by atoms with E-state index in [-0.39, 0.29) is 41.0 Å². The van der Waals surface area contributed by atoms with E-state index in [4.69, 9.17) is 10.5 Å². The van der Waals surface area contributed by atoms with Crippen molar-refractivity contribution in [2.75, 3.05) is 17.2 Å². The molecular weight excluding hydrogens is 524 g/mol. The minimum Gasteiger partial charge on any atom is -0.444 e. The molecule has 2 aliphatic heterocycles. The molecule has 1 amide bonds. The van der Waals surface area contributed by atoms with Gasteiger partial charge in [-0.2, -0.15) is 13.2 Å². The first-order valence-electron chi connectivity index (χ1n) is 12.0. The molecule has 0 aliphatic carbocycles. The Balaban J connectivity index is 1.61. The molecule has 0 bridgehead atoms. The number of hydrogen-bond donors (Lipinski definition) is 1. The number of alkyl halides is 3. The van der Waals surface area contributed by atoms with Gasteiger partial charge in [-0.05, 0) is 40.7 Å². The van der Waals surface area contributed by atoms with Crippen molar-refractivity contribution in [2.24, 2.45) is 5.92 Å². The molecule has 0 aromatic heterocycles. The van der Waals surface area contributed by atoms with Crippen LogP contribution < -0.4 is 5.73 Å². The van der Waals surface area contributed by atoms with E-state index in [1.165, 1.54) is 11.0 Å². The van der Waals surface area contributed by atoms with E-state index in [0.29, 0.717) is 0 Å². The summed E-state index contributed by atoms with van der Waals surface area (Å²) in [7, 11) is -3.61.